The van der Waals surface area contributed by atoms with Crippen LogP contribution in [0.5, 0.6) is 0 Å². The van der Waals surface area contributed by atoms with Gasteiger partial charge in [0.15, 0.2) is 0 Å². The van der Waals surface area contributed by atoms with E-state index in [1.807, 2.05) is 0 Å². The number of hydrogen-bond donors (Lipinski definition) is 2. The summed E-state index contributed by atoms with van der Waals surface area (Å²) in [5.74, 6) is 0.0425. The number of nitrogens with zero attached hydrogens (tertiary/aromatic N) is 1. The number of likely N-dealkylation sites (tertiary alicyclic amines) is 1. The van der Waals surface area contributed by atoms with Crippen molar-refractivity contribution in [1.29, 1.82) is 0 Å². The van der Waals surface area contributed by atoms with E-state index in [9.17, 15) is 35.9 Å². The third-order valence-corrected chi connectivity index (χ3v) is 4.88. The number of amides is 3. The van der Waals surface area contributed by atoms with E-state index in [2.05, 4.69) is 15.4 Å². The monoisotopic (exact) mass is 475 g/mol. The zero-order valence-corrected chi connectivity index (χ0v) is 16.8. The first-order valence-corrected chi connectivity index (χ1v) is 9.63. The standard InChI is InChI=1S/C18H20ClF6N3O3/c19-12-1-3-13(4-2-12)27-15(29)26-8-5-11-6-9-28(10-7-11)16(30)31-14(17(20,21)22)18(23,24)25/h1-4,11,14H,5-10H2,(H2,26,27,29). The molecule has 174 valence electrons. The summed E-state index contributed by atoms with van der Waals surface area (Å²) in [6, 6.07) is 6.04. The van der Waals surface area contributed by atoms with Gasteiger partial charge in [0.25, 0.3) is 6.10 Å². The summed E-state index contributed by atoms with van der Waals surface area (Å²) in [4.78, 5) is 24.4. The molecule has 1 aromatic rings. The van der Waals surface area contributed by atoms with E-state index in [-0.39, 0.29) is 19.0 Å². The molecule has 1 fully saturated rings. The smallest absolute Gasteiger partial charge is 0.426 e. The minimum Gasteiger partial charge on any atom is -0.426 e. The molecule has 2 N–H and O–H groups in total. The van der Waals surface area contributed by atoms with Crippen molar-refractivity contribution in [3.63, 3.8) is 0 Å². The van der Waals surface area contributed by atoms with Gasteiger partial charge in [0.05, 0.1) is 0 Å². The van der Waals surface area contributed by atoms with Crippen molar-refractivity contribution in [2.75, 3.05) is 25.0 Å². The fraction of sp³-hybridized carbons (Fsp3) is 0.556. The number of benzene rings is 1. The van der Waals surface area contributed by atoms with E-state index < -0.39 is 30.6 Å². The third kappa shape index (κ3) is 8.00. The second-order valence-electron chi connectivity index (χ2n) is 6.95. The number of nitrogens with one attached hydrogen (secondary N) is 2. The highest BCUT2D eigenvalue weighted by Crippen LogP contribution is 2.36. The van der Waals surface area contributed by atoms with Gasteiger partial charge in [0, 0.05) is 30.3 Å². The van der Waals surface area contributed by atoms with E-state index in [1.165, 1.54) is 0 Å². The molecule has 0 saturated carbocycles. The number of carbonyl (C=O) groups excluding carboxylic acids is 2. The van der Waals surface area contributed by atoms with Gasteiger partial charge in [0.1, 0.15) is 0 Å². The summed E-state index contributed by atoms with van der Waals surface area (Å²) in [6.07, 6.45) is -16.1. The van der Waals surface area contributed by atoms with Gasteiger partial charge in [0.2, 0.25) is 0 Å². The van der Waals surface area contributed by atoms with Crippen LogP contribution in [-0.4, -0.2) is 55.1 Å². The number of hydrogen-bond acceptors (Lipinski definition) is 3. The molecule has 1 saturated heterocycles. The van der Waals surface area contributed by atoms with Gasteiger partial charge < -0.3 is 20.3 Å². The zero-order chi connectivity index (χ0) is 23.2. The summed E-state index contributed by atoms with van der Waals surface area (Å²) in [6.45, 7) is 0.227. The Labute approximate surface area is 178 Å². The second-order valence-corrected chi connectivity index (χ2v) is 7.39. The quantitative estimate of drug-likeness (QED) is 0.576. The van der Waals surface area contributed by atoms with Gasteiger partial charge in [-0.1, -0.05) is 11.6 Å². The molecule has 0 unspecified atom stereocenters. The Morgan fingerprint density at radius 3 is 2.13 bits per heavy atom. The largest absolute Gasteiger partial charge is 0.434 e. The Bertz CT molecular complexity index is 735. The molecule has 6 nitrogen and oxygen atoms in total. The predicted octanol–water partition coefficient (Wildman–Crippen LogP) is 5.19. The molecular formula is C18H20ClF6N3O3. The van der Waals surface area contributed by atoms with Crippen molar-refractivity contribution in [1.82, 2.24) is 10.2 Å². The van der Waals surface area contributed by atoms with E-state index in [0.717, 1.165) is 4.90 Å². The van der Waals surface area contributed by atoms with E-state index in [4.69, 9.17) is 11.6 Å². The fourth-order valence-electron chi connectivity index (χ4n) is 3.00. The first-order valence-electron chi connectivity index (χ1n) is 9.25. The third-order valence-electron chi connectivity index (χ3n) is 4.63. The van der Waals surface area contributed by atoms with Gasteiger partial charge in [-0.25, -0.2) is 9.59 Å². The molecule has 0 aliphatic carbocycles. The number of alkyl halides is 6. The Hall–Kier alpha value is -2.37. The molecule has 0 radical (unpaired) electrons. The second kappa shape index (κ2) is 10.3. The molecule has 1 aromatic carbocycles. The normalized spacial score (nSPS) is 15.7. The molecule has 0 atom stereocenters. The molecule has 3 amide bonds. The molecule has 2 rings (SSSR count). The lowest BCUT2D eigenvalue weighted by atomic mass is 9.94. The highest BCUT2D eigenvalue weighted by Gasteiger charge is 2.60. The molecule has 0 spiro atoms. The lowest BCUT2D eigenvalue weighted by Gasteiger charge is -2.33. The predicted molar refractivity (Wildman–Crippen MR) is 99.8 cm³/mol. The Morgan fingerprint density at radius 1 is 1.06 bits per heavy atom. The van der Waals surface area contributed by atoms with Crippen LogP contribution < -0.4 is 10.6 Å². The maximum absolute atomic E-state index is 12.5. The number of urea groups is 1. The Kier molecular flexibility index (Phi) is 8.27. The number of ether oxygens (including phenoxy) is 1. The van der Waals surface area contributed by atoms with Crippen LogP contribution in [0.3, 0.4) is 0 Å². The maximum Gasteiger partial charge on any atom is 0.434 e. The number of halogens is 7. The van der Waals surface area contributed by atoms with Gasteiger partial charge in [-0.05, 0) is 49.4 Å². The van der Waals surface area contributed by atoms with Crippen LogP contribution >= 0.6 is 11.6 Å². The lowest BCUT2D eigenvalue weighted by Crippen LogP contribution is -2.49. The minimum absolute atomic E-state index is 0.0388. The highest BCUT2D eigenvalue weighted by molar-refractivity contribution is 6.30. The average molecular weight is 476 g/mol. The summed E-state index contributed by atoms with van der Waals surface area (Å²) in [5, 5.41) is 5.78. The molecule has 1 aliphatic rings. The topological polar surface area (TPSA) is 70.7 Å². The molecule has 1 heterocycles. The highest BCUT2D eigenvalue weighted by atomic mass is 35.5. The molecule has 1 aliphatic heterocycles. The van der Waals surface area contributed by atoms with E-state index >= 15 is 0 Å². The molecular weight excluding hydrogens is 456 g/mol. The summed E-state index contributed by atoms with van der Waals surface area (Å²) in [5.41, 5.74) is 0.546. The SMILES string of the molecule is O=C(NCCC1CCN(C(=O)OC(C(F)(F)F)C(F)(F)F)CC1)Nc1ccc(Cl)cc1. The number of rotatable bonds is 5. The van der Waals surface area contributed by atoms with Crippen molar-refractivity contribution in [3.8, 4) is 0 Å². The first kappa shape index (κ1) is 24.9. The first-order chi connectivity index (χ1) is 14.4. The Morgan fingerprint density at radius 2 is 1.61 bits per heavy atom. The lowest BCUT2D eigenvalue weighted by molar-refractivity contribution is -0.308. The summed E-state index contributed by atoms with van der Waals surface area (Å²) < 4.78 is 78.7. The Balaban J connectivity index is 1.71. The van der Waals surface area contributed by atoms with Crippen molar-refractivity contribution in [2.24, 2.45) is 5.92 Å². The van der Waals surface area contributed by atoms with Gasteiger partial charge >= 0.3 is 24.5 Å². The maximum atomic E-state index is 12.5. The number of anilines is 1. The van der Waals surface area contributed by atoms with Crippen molar-refractivity contribution >= 4 is 29.4 Å². The summed E-state index contributed by atoms with van der Waals surface area (Å²) in [7, 11) is 0. The molecule has 0 aromatic heterocycles. The number of piperidine rings is 1. The van der Waals surface area contributed by atoms with Gasteiger partial charge in [-0.3, -0.25) is 0 Å². The zero-order valence-electron chi connectivity index (χ0n) is 16.0. The van der Waals surface area contributed by atoms with Gasteiger partial charge in [-0.15, -0.1) is 0 Å². The van der Waals surface area contributed by atoms with Gasteiger partial charge in [-0.2, -0.15) is 26.3 Å². The van der Waals surface area contributed by atoms with Crippen molar-refractivity contribution in [3.05, 3.63) is 29.3 Å². The van der Waals surface area contributed by atoms with Crippen LogP contribution in [0.1, 0.15) is 19.3 Å². The summed E-state index contributed by atoms with van der Waals surface area (Å²) >= 11 is 5.75. The number of carbonyl (C=O) groups is 2. The van der Waals surface area contributed by atoms with Crippen LogP contribution in [0.25, 0.3) is 0 Å². The van der Waals surface area contributed by atoms with Crippen LogP contribution in [0.4, 0.5) is 41.6 Å². The van der Waals surface area contributed by atoms with Crippen molar-refractivity contribution in [2.45, 2.75) is 37.7 Å². The van der Waals surface area contributed by atoms with E-state index in [0.29, 0.717) is 36.5 Å². The van der Waals surface area contributed by atoms with Crippen LogP contribution in [-0.2, 0) is 4.74 Å². The minimum atomic E-state index is -5.75. The molecule has 0 bridgehead atoms. The molecule has 13 heteroatoms. The fourth-order valence-corrected chi connectivity index (χ4v) is 3.12. The van der Waals surface area contributed by atoms with E-state index in [1.54, 1.807) is 24.3 Å². The van der Waals surface area contributed by atoms with Crippen LogP contribution in [0.15, 0.2) is 24.3 Å². The van der Waals surface area contributed by atoms with Crippen molar-refractivity contribution < 1.29 is 40.7 Å². The van der Waals surface area contributed by atoms with Crippen LogP contribution in [0.2, 0.25) is 5.02 Å². The average Bonchev–Trinajstić information content (AvgIpc) is 2.66. The van der Waals surface area contributed by atoms with Crippen LogP contribution in [0, 0.1) is 5.92 Å². The molecule has 31 heavy (non-hydrogen) atoms.